The molecule has 2 heterocycles. The van der Waals surface area contributed by atoms with Crippen molar-refractivity contribution < 1.29 is 4.79 Å². The summed E-state index contributed by atoms with van der Waals surface area (Å²) in [6.45, 7) is 1.66. The molecule has 0 atom stereocenters. The number of hydrogen-bond acceptors (Lipinski definition) is 5. The van der Waals surface area contributed by atoms with Crippen LogP contribution >= 0.6 is 0 Å². The van der Waals surface area contributed by atoms with Gasteiger partial charge in [-0.1, -0.05) is 0 Å². The van der Waals surface area contributed by atoms with E-state index in [0.29, 0.717) is 0 Å². The van der Waals surface area contributed by atoms with Crippen molar-refractivity contribution >= 4 is 17.7 Å². The standard InChI is InChI=1S/C11H17N5O/c1-13-10(17)8-3-6-16(7-4-8)9-2-5-14-11(12)15-9/h2,5,8H,3-4,6-7H2,1H3,(H,13,17)(H2,12,14,15). The second-order valence-corrected chi connectivity index (χ2v) is 4.15. The molecule has 0 saturated carbocycles. The van der Waals surface area contributed by atoms with Gasteiger partial charge in [-0.2, -0.15) is 4.98 Å². The van der Waals surface area contributed by atoms with E-state index in [1.54, 1.807) is 13.2 Å². The number of piperidine rings is 1. The molecule has 92 valence electrons. The van der Waals surface area contributed by atoms with Crippen LogP contribution in [0.15, 0.2) is 12.3 Å². The molecule has 1 aromatic rings. The summed E-state index contributed by atoms with van der Waals surface area (Å²) in [6.07, 6.45) is 3.36. The van der Waals surface area contributed by atoms with Crippen LogP contribution in [0.1, 0.15) is 12.8 Å². The van der Waals surface area contributed by atoms with E-state index in [1.807, 2.05) is 6.07 Å². The number of nitrogens with two attached hydrogens (primary N) is 1. The van der Waals surface area contributed by atoms with E-state index in [-0.39, 0.29) is 17.8 Å². The third kappa shape index (κ3) is 2.64. The van der Waals surface area contributed by atoms with Crippen LogP contribution in [0.3, 0.4) is 0 Å². The zero-order valence-corrected chi connectivity index (χ0v) is 9.89. The van der Waals surface area contributed by atoms with Crippen LogP contribution in [-0.4, -0.2) is 36.0 Å². The molecule has 3 N–H and O–H groups in total. The summed E-state index contributed by atoms with van der Waals surface area (Å²) in [5, 5.41) is 2.70. The van der Waals surface area contributed by atoms with E-state index in [2.05, 4.69) is 20.2 Å². The number of nitrogens with one attached hydrogen (secondary N) is 1. The Hall–Kier alpha value is -1.85. The first-order valence-electron chi connectivity index (χ1n) is 5.76. The van der Waals surface area contributed by atoms with Crippen LogP contribution in [0.2, 0.25) is 0 Å². The average Bonchev–Trinajstić information content (AvgIpc) is 2.38. The summed E-state index contributed by atoms with van der Waals surface area (Å²) in [5.41, 5.74) is 5.55. The molecule has 2 rings (SSSR count). The Morgan fingerprint density at radius 1 is 1.53 bits per heavy atom. The van der Waals surface area contributed by atoms with E-state index in [4.69, 9.17) is 5.73 Å². The van der Waals surface area contributed by atoms with Crippen LogP contribution in [-0.2, 0) is 4.79 Å². The lowest BCUT2D eigenvalue weighted by Gasteiger charge is -2.31. The predicted molar refractivity (Wildman–Crippen MR) is 65.4 cm³/mol. The molecule has 1 saturated heterocycles. The van der Waals surface area contributed by atoms with Crippen molar-refractivity contribution in [3.63, 3.8) is 0 Å². The fourth-order valence-corrected chi connectivity index (χ4v) is 2.11. The van der Waals surface area contributed by atoms with E-state index in [9.17, 15) is 4.79 Å². The normalized spacial score (nSPS) is 16.9. The van der Waals surface area contributed by atoms with E-state index in [0.717, 1.165) is 31.7 Å². The molecule has 1 aromatic heterocycles. The molecule has 0 aromatic carbocycles. The van der Waals surface area contributed by atoms with Crippen molar-refractivity contribution in [2.75, 3.05) is 30.8 Å². The van der Waals surface area contributed by atoms with Crippen LogP contribution in [0.4, 0.5) is 11.8 Å². The highest BCUT2D eigenvalue weighted by Gasteiger charge is 2.24. The van der Waals surface area contributed by atoms with E-state index >= 15 is 0 Å². The molecule has 17 heavy (non-hydrogen) atoms. The second kappa shape index (κ2) is 4.99. The van der Waals surface area contributed by atoms with Gasteiger partial charge in [0.15, 0.2) is 0 Å². The fourth-order valence-electron chi connectivity index (χ4n) is 2.11. The molecule has 6 nitrogen and oxygen atoms in total. The summed E-state index contributed by atoms with van der Waals surface area (Å²) < 4.78 is 0. The molecule has 0 aliphatic carbocycles. The molecule has 1 aliphatic heterocycles. The van der Waals surface area contributed by atoms with Crippen molar-refractivity contribution in [2.24, 2.45) is 5.92 Å². The molecule has 1 amide bonds. The number of nitrogens with zero attached hydrogens (tertiary/aromatic N) is 3. The number of rotatable bonds is 2. The number of nitrogen functional groups attached to an aromatic ring is 1. The number of anilines is 2. The summed E-state index contributed by atoms with van der Waals surface area (Å²) in [7, 11) is 1.68. The van der Waals surface area contributed by atoms with Crippen molar-refractivity contribution in [2.45, 2.75) is 12.8 Å². The lowest BCUT2D eigenvalue weighted by molar-refractivity contribution is -0.125. The highest BCUT2D eigenvalue weighted by atomic mass is 16.1. The van der Waals surface area contributed by atoms with Gasteiger partial charge in [-0.3, -0.25) is 4.79 Å². The molecular weight excluding hydrogens is 218 g/mol. The smallest absolute Gasteiger partial charge is 0.222 e. The Bertz CT molecular complexity index is 401. The van der Waals surface area contributed by atoms with Gasteiger partial charge >= 0.3 is 0 Å². The van der Waals surface area contributed by atoms with Gasteiger partial charge in [0, 0.05) is 32.3 Å². The van der Waals surface area contributed by atoms with Crippen molar-refractivity contribution in [3.05, 3.63) is 12.3 Å². The number of amides is 1. The van der Waals surface area contributed by atoms with Crippen LogP contribution in [0, 0.1) is 5.92 Å². The van der Waals surface area contributed by atoms with Gasteiger partial charge in [-0.25, -0.2) is 4.98 Å². The molecule has 0 bridgehead atoms. The lowest BCUT2D eigenvalue weighted by atomic mass is 9.96. The van der Waals surface area contributed by atoms with Gasteiger partial charge in [0.2, 0.25) is 11.9 Å². The quantitative estimate of drug-likeness (QED) is 0.755. The first-order chi connectivity index (χ1) is 8.20. The van der Waals surface area contributed by atoms with E-state index in [1.165, 1.54) is 0 Å². The molecule has 0 unspecified atom stereocenters. The number of hydrogen-bond donors (Lipinski definition) is 2. The lowest BCUT2D eigenvalue weighted by Crippen LogP contribution is -2.40. The molecular formula is C11H17N5O. The molecule has 1 fully saturated rings. The zero-order chi connectivity index (χ0) is 12.3. The largest absolute Gasteiger partial charge is 0.368 e. The Morgan fingerprint density at radius 3 is 2.82 bits per heavy atom. The van der Waals surface area contributed by atoms with Crippen molar-refractivity contribution in [1.29, 1.82) is 0 Å². The minimum absolute atomic E-state index is 0.121. The zero-order valence-electron chi connectivity index (χ0n) is 9.89. The van der Waals surface area contributed by atoms with Gasteiger partial charge in [0.1, 0.15) is 5.82 Å². The Balaban J connectivity index is 1.97. The van der Waals surface area contributed by atoms with Crippen molar-refractivity contribution in [3.8, 4) is 0 Å². The second-order valence-electron chi connectivity index (χ2n) is 4.15. The summed E-state index contributed by atoms with van der Waals surface area (Å²) in [6, 6.07) is 1.84. The highest BCUT2D eigenvalue weighted by molar-refractivity contribution is 5.78. The molecule has 1 aliphatic rings. The van der Waals surface area contributed by atoms with Gasteiger partial charge in [-0.15, -0.1) is 0 Å². The SMILES string of the molecule is CNC(=O)C1CCN(c2ccnc(N)n2)CC1. The third-order valence-electron chi connectivity index (χ3n) is 3.10. The first kappa shape index (κ1) is 11.6. The van der Waals surface area contributed by atoms with Crippen LogP contribution < -0.4 is 16.0 Å². The summed E-state index contributed by atoms with van der Waals surface area (Å²) in [5.74, 6) is 1.38. The van der Waals surface area contributed by atoms with Crippen LogP contribution in [0.5, 0.6) is 0 Å². The number of carbonyl (C=O) groups excluding carboxylic acids is 1. The monoisotopic (exact) mass is 235 g/mol. The van der Waals surface area contributed by atoms with Crippen molar-refractivity contribution in [1.82, 2.24) is 15.3 Å². The molecule has 0 radical (unpaired) electrons. The number of carbonyl (C=O) groups is 1. The van der Waals surface area contributed by atoms with Gasteiger partial charge in [0.05, 0.1) is 0 Å². The maximum atomic E-state index is 11.5. The molecule has 6 heteroatoms. The van der Waals surface area contributed by atoms with E-state index < -0.39 is 0 Å². The minimum atomic E-state index is 0.121. The van der Waals surface area contributed by atoms with Gasteiger partial charge in [0.25, 0.3) is 0 Å². The highest BCUT2D eigenvalue weighted by Crippen LogP contribution is 2.21. The third-order valence-corrected chi connectivity index (χ3v) is 3.10. The minimum Gasteiger partial charge on any atom is -0.368 e. The average molecular weight is 235 g/mol. The number of aromatic nitrogens is 2. The van der Waals surface area contributed by atoms with Gasteiger partial charge in [-0.05, 0) is 18.9 Å². The molecule has 0 spiro atoms. The summed E-state index contributed by atoms with van der Waals surface area (Å²) in [4.78, 5) is 21.7. The Kier molecular flexibility index (Phi) is 3.41. The maximum Gasteiger partial charge on any atom is 0.222 e. The van der Waals surface area contributed by atoms with Gasteiger partial charge < -0.3 is 16.0 Å². The first-order valence-corrected chi connectivity index (χ1v) is 5.76. The predicted octanol–water partition coefficient (Wildman–Crippen LogP) is 0.0212. The fraction of sp³-hybridized carbons (Fsp3) is 0.545. The topological polar surface area (TPSA) is 84.1 Å². The Morgan fingerprint density at radius 2 is 2.24 bits per heavy atom. The maximum absolute atomic E-state index is 11.5. The Labute approximate surface area is 100 Å². The van der Waals surface area contributed by atoms with Crippen LogP contribution in [0.25, 0.3) is 0 Å². The summed E-state index contributed by atoms with van der Waals surface area (Å²) >= 11 is 0.